The smallest absolute Gasteiger partial charge is 0.265 e. The van der Waals surface area contributed by atoms with Gasteiger partial charge in [0.1, 0.15) is 5.75 Å². The molecule has 0 aliphatic rings. The van der Waals surface area contributed by atoms with Gasteiger partial charge in [0.05, 0.1) is 0 Å². The maximum Gasteiger partial charge on any atom is 0.265 e. The van der Waals surface area contributed by atoms with Crippen LogP contribution in [0.5, 0.6) is 5.75 Å². The number of para-hydroxylation sites is 1. The summed E-state index contributed by atoms with van der Waals surface area (Å²) in [5.74, 6) is 0.254. The molecule has 2 N–H and O–H groups in total. The molecule has 1 atom stereocenters. The number of benzene rings is 3. The number of nitrogens with one attached hydrogen (secondary N) is 2. The first-order valence-corrected chi connectivity index (χ1v) is 9.56. The zero-order valence-corrected chi connectivity index (χ0v) is 16.5. The summed E-state index contributed by atoms with van der Waals surface area (Å²) < 4.78 is 5.90. The van der Waals surface area contributed by atoms with Gasteiger partial charge in [-0.3, -0.25) is 9.59 Å². The molecule has 0 aliphatic heterocycles. The van der Waals surface area contributed by atoms with Crippen molar-refractivity contribution < 1.29 is 14.3 Å². The summed E-state index contributed by atoms with van der Waals surface area (Å²) in [5.41, 5.74) is 2.74. The molecule has 3 rings (SSSR count). The first-order chi connectivity index (χ1) is 14.1. The predicted octanol–water partition coefficient (Wildman–Crippen LogP) is 5.04. The molecule has 0 saturated heterocycles. The molecule has 29 heavy (non-hydrogen) atoms. The molecule has 0 fully saturated rings. The van der Waals surface area contributed by atoms with Crippen molar-refractivity contribution >= 4 is 23.2 Å². The average molecular weight is 388 g/mol. The minimum atomic E-state index is -0.612. The number of carbonyl (C=O) groups is 2. The van der Waals surface area contributed by atoms with Crippen LogP contribution in [0.4, 0.5) is 11.4 Å². The van der Waals surface area contributed by atoms with Crippen LogP contribution in [-0.4, -0.2) is 17.9 Å². The van der Waals surface area contributed by atoms with Crippen molar-refractivity contribution in [3.05, 3.63) is 90.0 Å². The molecule has 2 amide bonds. The maximum absolute atomic E-state index is 12.7. The van der Waals surface area contributed by atoms with Crippen LogP contribution >= 0.6 is 0 Å². The van der Waals surface area contributed by atoms with Gasteiger partial charge in [0.15, 0.2) is 6.10 Å². The van der Waals surface area contributed by atoms with Crippen LogP contribution in [0.2, 0.25) is 0 Å². The van der Waals surface area contributed by atoms with Crippen LogP contribution < -0.4 is 15.4 Å². The zero-order valence-electron chi connectivity index (χ0n) is 16.5. The molecule has 5 heteroatoms. The van der Waals surface area contributed by atoms with Gasteiger partial charge in [-0.25, -0.2) is 0 Å². The van der Waals surface area contributed by atoms with E-state index in [-0.39, 0.29) is 11.8 Å². The summed E-state index contributed by atoms with van der Waals surface area (Å²) in [6.07, 6.45) is -0.0800. The van der Waals surface area contributed by atoms with Gasteiger partial charge in [0.2, 0.25) is 0 Å². The lowest BCUT2D eigenvalue weighted by molar-refractivity contribution is -0.122. The molecule has 0 radical (unpaired) electrons. The summed E-state index contributed by atoms with van der Waals surface area (Å²) in [7, 11) is 0. The fourth-order valence-corrected chi connectivity index (χ4v) is 2.85. The van der Waals surface area contributed by atoms with Crippen molar-refractivity contribution in [3.8, 4) is 5.75 Å². The SMILES string of the molecule is CCC(Oc1ccccc1C)C(=O)Nc1cccc(NC(=O)c2ccccc2)c1. The van der Waals surface area contributed by atoms with Crippen molar-refractivity contribution in [1.82, 2.24) is 0 Å². The van der Waals surface area contributed by atoms with Crippen LogP contribution in [0, 0.1) is 6.92 Å². The number of hydrogen-bond acceptors (Lipinski definition) is 3. The number of amides is 2. The summed E-state index contributed by atoms with van der Waals surface area (Å²) in [6.45, 7) is 3.85. The van der Waals surface area contributed by atoms with Crippen LogP contribution in [0.25, 0.3) is 0 Å². The van der Waals surface area contributed by atoms with Crippen molar-refractivity contribution in [2.45, 2.75) is 26.4 Å². The molecular weight excluding hydrogens is 364 g/mol. The van der Waals surface area contributed by atoms with Crippen molar-refractivity contribution in [1.29, 1.82) is 0 Å². The first kappa shape index (κ1) is 20.1. The lowest BCUT2D eigenvalue weighted by Crippen LogP contribution is -2.32. The Morgan fingerprint density at radius 3 is 2.21 bits per heavy atom. The largest absolute Gasteiger partial charge is 0.480 e. The third-order valence-corrected chi connectivity index (χ3v) is 4.45. The van der Waals surface area contributed by atoms with E-state index in [2.05, 4.69) is 10.6 Å². The van der Waals surface area contributed by atoms with Gasteiger partial charge < -0.3 is 15.4 Å². The van der Waals surface area contributed by atoms with E-state index in [4.69, 9.17) is 4.74 Å². The summed E-state index contributed by atoms with van der Waals surface area (Å²) in [4.78, 5) is 25.0. The molecule has 3 aromatic carbocycles. The Bertz CT molecular complexity index is 986. The highest BCUT2D eigenvalue weighted by atomic mass is 16.5. The van der Waals surface area contributed by atoms with Gasteiger partial charge in [-0.2, -0.15) is 0 Å². The highest BCUT2D eigenvalue weighted by Crippen LogP contribution is 2.21. The van der Waals surface area contributed by atoms with E-state index in [0.717, 1.165) is 5.56 Å². The van der Waals surface area contributed by atoms with Crippen molar-refractivity contribution in [2.75, 3.05) is 10.6 Å². The van der Waals surface area contributed by atoms with E-state index in [1.165, 1.54) is 0 Å². The second kappa shape index (κ2) is 9.55. The lowest BCUT2D eigenvalue weighted by Gasteiger charge is -2.19. The quantitative estimate of drug-likeness (QED) is 0.596. The molecule has 0 spiro atoms. The number of ether oxygens (including phenoxy) is 1. The van der Waals surface area contributed by atoms with Gasteiger partial charge >= 0.3 is 0 Å². The Balaban J connectivity index is 1.66. The van der Waals surface area contributed by atoms with E-state index in [1.807, 2.05) is 56.3 Å². The Hall–Kier alpha value is -3.60. The molecule has 0 aliphatic carbocycles. The van der Waals surface area contributed by atoms with E-state index < -0.39 is 6.10 Å². The second-order valence-corrected chi connectivity index (χ2v) is 6.67. The lowest BCUT2D eigenvalue weighted by atomic mass is 10.2. The highest BCUT2D eigenvalue weighted by Gasteiger charge is 2.19. The minimum Gasteiger partial charge on any atom is -0.480 e. The Morgan fingerprint density at radius 1 is 0.862 bits per heavy atom. The van der Waals surface area contributed by atoms with Crippen LogP contribution in [0.15, 0.2) is 78.9 Å². The number of rotatable bonds is 7. The maximum atomic E-state index is 12.7. The average Bonchev–Trinajstić information content (AvgIpc) is 2.74. The van der Waals surface area contributed by atoms with Gasteiger partial charge in [0, 0.05) is 16.9 Å². The highest BCUT2D eigenvalue weighted by molar-refractivity contribution is 6.04. The number of aryl methyl sites for hydroxylation is 1. The fraction of sp³-hybridized carbons (Fsp3) is 0.167. The van der Waals surface area contributed by atoms with Gasteiger partial charge in [0.25, 0.3) is 11.8 Å². The van der Waals surface area contributed by atoms with E-state index >= 15 is 0 Å². The number of hydrogen-bond donors (Lipinski definition) is 2. The Labute approximate surface area is 170 Å². The monoisotopic (exact) mass is 388 g/mol. The molecule has 5 nitrogen and oxygen atoms in total. The van der Waals surface area contributed by atoms with Crippen LogP contribution in [0.1, 0.15) is 29.3 Å². The van der Waals surface area contributed by atoms with E-state index in [9.17, 15) is 9.59 Å². The third-order valence-electron chi connectivity index (χ3n) is 4.45. The van der Waals surface area contributed by atoms with Crippen LogP contribution in [-0.2, 0) is 4.79 Å². The Kier molecular flexibility index (Phi) is 6.63. The van der Waals surface area contributed by atoms with E-state index in [1.54, 1.807) is 36.4 Å². The van der Waals surface area contributed by atoms with Gasteiger partial charge in [-0.15, -0.1) is 0 Å². The molecule has 0 heterocycles. The third kappa shape index (κ3) is 5.45. The Morgan fingerprint density at radius 2 is 1.52 bits per heavy atom. The van der Waals surface area contributed by atoms with Crippen molar-refractivity contribution in [3.63, 3.8) is 0 Å². The topological polar surface area (TPSA) is 67.4 Å². The predicted molar refractivity (Wildman–Crippen MR) is 115 cm³/mol. The summed E-state index contributed by atoms with van der Waals surface area (Å²) >= 11 is 0. The van der Waals surface area contributed by atoms with Crippen molar-refractivity contribution in [2.24, 2.45) is 0 Å². The molecule has 0 aromatic heterocycles. The standard InChI is InChI=1S/C24H24N2O3/c1-3-21(29-22-15-8-7-10-17(22)2)24(28)26-20-14-9-13-19(16-20)25-23(27)18-11-5-4-6-12-18/h4-16,21H,3H2,1-2H3,(H,25,27)(H,26,28). The summed E-state index contributed by atoms with van der Waals surface area (Å²) in [5, 5.41) is 5.71. The van der Waals surface area contributed by atoms with E-state index in [0.29, 0.717) is 29.1 Å². The molecule has 0 bridgehead atoms. The number of anilines is 2. The molecule has 148 valence electrons. The minimum absolute atomic E-state index is 0.205. The number of carbonyl (C=O) groups excluding carboxylic acids is 2. The zero-order chi connectivity index (χ0) is 20.6. The normalized spacial score (nSPS) is 11.4. The second-order valence-electron chi connectivity index (χ2n) is 6.67. The molecule has 0 saturated carbocycles. The molecule has 1 unspecified atom stereocenters. The fourth-order valence-electron chi connectivity index (χ4n) is 2.85. The van der Waals surface area contributed by atoms with Gasteiger partial charge in [-0.1, -0.05) is 49.4 Å². The summed E-state index contributed by atoms with van der Waals surface area (Å²) in [6, 6.07) is 23.6. The molecule has 3 aromatic rings. The van der Waals surface area contributed by atoms with Gasteiger partial charge in [-0.05, 0) is 55.3 Å². The molecular formula is C24H24N2O3. The van der Waals surface area contributed by atoms with Crippen LogP contribution in [0.3, 0.4) is 0 Å². The first-order valence-electron chi connectivity index (χ1n) is 9.56.